The first-order valence-corrected chi connectivity index (χ1v) is 9.34. The molecule has 0 radical (unpaired) electrons. The molecule has 31 heavy (non-hydrogen) atoms. The van der Waals surface area contributed by atoms with Crippen LogP contribution in [0.5, 0.6) is 0 Å². The van der Waals surface area contributed by atoms with E-state index in [0.29, 0.717) is 18.9 Å². The largest absolute Gasteiger partial charge is 0.459 e. The fourth-order valence-corrected chi connectivity index (χ4v) is 4.00. The molecular weight excluding hydrogens is 428 g/mol. The summed E-state index contributed by atoms with van der Waals surface area (Å²) in [6.45, 7) is 0. The van der Waals surface area contributed by atoms with Gasteiger partial charge in [0.2, 0.25) is 6.39 Å². The van der Waals surface area contributed by atoms with Gasteiger partial charge in [0.05, 0.1) is 0 Å². The minimum atomic E-state index is -5.89. The first kappa shape index (κ1) is 19.8. The van der Waals surface area contributed by atoms with Crippen LogP contribution < -0.4 is 0 Å². The second-order valence-electron chi connectivity index (χ2n) is 7.47. The highest BCUT2D eigenvalue weighted by atomic mass is 19.4. The molecule has 6 nitrogen and oxygen atoms in total. The minimum absolute atomic E-state index is 0.0200. The van der Waals surface area contributed by atoms with Crippen LogP contribution >= 0.6 is 0 Å². The van der Waals surface area contributed by atoms with Crippen LogP contribution in [0.25, 0.3) is 28.3 Å². The van der Waals surface area contributed by atoms with Crippen molar-refractivity contribution in [2.24, 2.45) is 0 Å². The van der Waals surface area contributed by atoms with E-state index in [-0.39, 0.29) is 46.7 Å². The number of halogens is 6. The van der Waals surface area contributed by atoms with Gasteiger partial charge in [-0.1, -0.05) is 0 Å². The van der Waals surface area contributed by atoms with Gasteiger partial charge in [0.25, 0.3) is 5.89 Å². The molecule has 0 unspecified atom stereocenters. The van der Waals surface area contributed by atoms with Crippen LogP contribution in [0, 0.1) is 0 Å². The zero-order valence-corrected chi connectivity index (χ0v) is 15.6. The van der Waals surface area contributed by atoms with Gasteiger partial charge in [0.1, 0.15) is 28.4 Å². The number of nitrogens with zero attached hydrogens (tertiary/aromatic N) is 5. The van der Waals surface area contributed by atoms with Crippen molar-refractivity contribution in [2.45, 2.75) is 43.5 Å². The number of imidazole rings is 1. The van der Waals surface area contributed by atoms with Gasteiger partial charge in [-0.15, -0.1) is 10.2 Å². The Bertz CT molecular complexity index is 1270. The molecule has 162 valence electrons. The van der Waals surface area contributed by atoms with Crippen molar-refractivity contribution < 1.29 is 30.8 Å². The van der Waals surface area contributed by atoms with Gasteiger partial charge in [0.15, 0.2) is 0 Å². The fourth-order valence-electron chi connectivity index (χ4n) is 4.00. The van der Waals surface area contributed by atoms with Crippen molar-refractivity contribution in [1.29, 1.82) is 0 Å². The SMILES string of the molecule is FC1(c2cc(C(F)(F)C(F)(F)F)nc3c2ccc2nc(-c4nnco4)cn23)CCCC1. The lowest BCUT2D eigenvalue weighted by atomic mass is 9.90. The van der Waals surface area contributed by atoms with E-state index in [1.54, 1.807) is 0 Å². The van der Waals surface area contributed by atoms with Crippen molar-refractivity contribution in [3.8, 4) is 11.6 Å². The smallest absolute Gasteiger partial charge is 0.422 e. The molecule has 0 amide bonds. The number of hydrogen-bond donors (Lipinski definition) is 0. The normalized spacial score (nSPS) is 17.1. The standard InChI is InChI=1S/C19H13F6N5O/c20-17(5-1-2-6-17)11-7-13(18(21,22)19(23,24)25)28-15-10(11)3-4-14-27-12(8-30(14)15)16-29-26-9-31-16/h3-4,7-9H,1-2,5-6H2. The molecule has 1 aliphatic rings. The summed E-state index contributed by atoms with van der Waals surface area (Å²) in [5.41, 5.74) is -3.74. The third-order valence-corrected chi connectivity index (χ3v) is 5.53. The van der Waals surface area contributed by atoms with E-state index in [2.05, 4.69) is 20.2 Å². The molecule has 4 heterocycles. The quantitative estimate of drug-likeness (QED) is 0.402. The lowest BCUT2D eigenvalue weighted by Crippen LogP contribution is -2.35. The second-order valence-corrected chi connectivity index (χ2v) is 7.47. The van der Waals surface area contributed by atoms with E-state index < -0.39 is 23.5 Å². The van der Waals surface area contributed by atoms with Gasteiger partial charge in [-0.25, -0.2) is 14.4 Å². The fraction of sp³-hybridized carbons (Fsp3) is 0.368. The summed E-state index contributed by atoms with van der Waals surface area (Å²) in [6.07, 6.45) is -2.46. The van der Waals surface area contributed by atoms with Crippen molar-refractivity contribution in [3.63, 3.8) is 0 Å². The van der Waals surface area contributed by atoms with Crippen molar-refractivity contribution in [2.75, 3.05) is 0 Å². The Hall–Kier alpha value is -3.18. The molecule has 1 aliphatic carbocycles. The lowest BCUT2D eigenvalue weighted by molar-refractivity contribution is -0.290. The zero-order valence-electron chi connectivity index (χ0n) is 15.6. The van der Waals surface area contributed by atoms with Crippen molar-refractivity contribution in [3.05, 3.63) is 42.0 Å². The molecule has 0 saturated heterocycles. The Morgan fingerprint density at radius 3 is 2.42 bits per heavy atom. The summed E-state index contributed by atoms with van der Waals surface area (Å²) < 4.78 is 89.7. The average Bonchev–Trinajstić information content (AvgIpc) is 3.46. The molecule has 12 heteroatoms. The van der Waals surface area contributed by atoms with Crippen LogP contribution in [0.4, 0.5) is 26.3 Å². The van der Waals surface area contributed by atoms with Gasteiger partial charge < -0.3 is 4.42 Å². The van der Waals surface area contributed by atoms with E-state index >= 15 is 4.39 Å². The van der Waals surface area contributed by atoms with Crippen LogP contribution in [-0.4, -0.2) is 30.7 Å². The maximum Gasteiger partial charge on any atom is 0.459 e. The molecule has 4 aromatic rings. The molecule has 0 aliphatic heterocycles. The van der Waals surface area contributed by atoms with Crippen molar-refractivity contribution >= 4 is 16.7 Å². The molecule has 0 bridgehead atoms. The number of hydrogen-bond acceptors (Lipinski definition) is 5. The van der Waals surface area contributed by atoms with Gasteiger partial charge in [-0.3, -0.25) is 4.40 Å². The van der Waals surface area contributed by atoms with Crippen molar-refractivity contribution in [1.82, 2.24) is 24.6 Å². The zero-order chi connectivity index (χ0) is 22.0. The van der Waals surface area contributed by atoms with Gasteiger partial charge >= 0.3 is 12.1 Å². The van der Waals surface area contributed by atoms with E-state index in [1.807, 2.05) is 0 Å². The monoisotopic (exact) mass is 441 g/mol. The molecule has 0 atom stereocenters. The topological polar surface area (TPSA) is 69.1 Å². The molecule has 4 aromatic heterocycles. The third kappa shape index (κ3) is 2.95. The Morgan fingerprint density at radius 2 is 1.77 bits per heavy atom. The third-order valence-electron chi connectivity index (χ3n) is 5.53. The van der Waals surface area contributed by atoms with E-state index in [0.717, 1.165) is 6.39 Å². The van der Waals surface area contributed by atoms with Gasteiger partial charge in [-0.2, -0.15) is 22.0 Å². The highest BCUT2D eigenvalue weighted by Gasteiger charge is 2.60. The van der Waals surface area contributed by atoms with E-state index in [4.69, 9.17) is 4.42 Å². The average molecular weight is 441 g/mol. The van der Waals surface area contributed by atoms with Crippen LogP contribution in [0.3, 0.4) is 0 Å². The van der Waals surface area contributed by atoms with E-state index in [9.17, 15) is 22.0 Å². The Labute approximate surface area is 169 Å². The molecule has 0 aromatic carbocycles. The summed E-state index contributed by atoms with van der Waals surface area (Å²) in [5, 5.41) is 7.36. The predicted molar refractivity (Wildman–Crippen MR) is 95.0 cm³/mol. The second kappa shape index (κ2) is 6.41. The molecular formula is C19H13F6N5O. The van der Waals surface area contributed by atoms with Gasteiger partial charge in [-0.05, 0) is 43.9 Å². The Balaban J connectivity index is 1.83. The predicted octanol–water partition coefficient (Wildman–Crippen LogP) is 5.33. The minimum Gasteiger partial charge on any atom is -0.422 e. The summed E-state index contributed by atoms with van der Waals surface area (Å²) in [5.74, 6) is -5.24. The Kier molecular flexibility index (Phi) is 4.09. The highest BCUT2D eigenvalue weighted by Crippen LogP contribution is 2.48. The molecule has 1 saturated carbocycles. The molecule has 5 rings (SSSR count). The first-order valence-electron chi connectivity index (χ1n) is 9.34. The molecule has 0 N–H and O–H groups in total. The number of fused-ring (bicyclic) bond motifs is 3. The highest BCUT2D eigenvalue weighted by molar-refractivity contribution is 5.84. The van der Waals surface area contributed by atoms with Crippen LogP contribution in [-0.2, 0) is 11.6 Å². The number of aromatic nitrogens is 5. The lowest BCUT2D eigenvalue weighted by Gasteiger charge is -2.25. The van der Waals surface area contributed by atoms with Crippen LogP contribution in [0.2, 0.25) is 0 Å². The number of rotatable bonds is 3. The van der Waals surface area contributed by atoms with Gasteiger partial charge in [0, 0.05) is 17.1 Å². The summed E-state index contributed by atoms with van der Waals surface area (Å²) in [7, 11) is 0. The first-order chi connectivity index (χ1) is 14.6. The van der Waals surface area contributed by atoms with Crippen LogP contribution in [0.15, 0.2) is 35.2 Å². The number of alkyl halides is 6. The maximum absolute atomic E-state index is 15.7. The summed E-state index contributed by atoms with van der Waals surface area (Å²) in [4.78, 5) is 7.83. The summed E-state index contributed by atoms with van der Waals surface area (Å²) in [6, 6.07) is 3.46. The number of pyridine rings is 2. The maximum atomic E-state index is 15.7. The van der Waals surface area contributed by atoms with E-state index in [1.165, 1.54) is 22.7 Å². The summed E-state index contributed by atoms with van der Waals surface area (Å²) >= 11 is 0. The van der Waals surface area contributed by atoms with Crippen LogP contribution in [0.1, 0.15) is 36.9 Å². The molecule has 0 spiro atoms. The Morgan fingerprint density at radius 1 is 1.03 bits per heavy atom. The molecule has 1 fully saturated rings.